The lowest BCUT2D eigenvalue weighted by Crippen LogP contribution is -2.12. The number of carbonyl (C=O) groups excluding carboxylic acids is 1. The van der Waals surface area contributed by atoms with Crippen molar-refractivity contribution in [2.45, 2.75) is 0 Å². The maximum atomic E-state index is 12.9. The molecule has 0 fully saturated rings. The second-order valence-electron chi connectivity index (χ2n) is 5.61. The van der Waals surface area contributed by atoms with Gasteiger partial charge in [-0.15, -0.1) is 11.3 Å². The van der Waals surface area contributed by atoms with Crippen molar-refractivity contribution in [2.24, 2.45) is 0 Å². The van der Waals surface area contributed by atoms with Gasteiger partial charge in [-0.25, -0.2) is 4.68 Å². The van der Waals surface area contributed by atoms with Gasteiger partial charge in [-0.05, 0) is 47.8 Å². The number of anilines is 1. The molecule has 2 aromatic carbocycles. The number of carbonyl (C=O) groups is 1. The molecule has 6 heteroatoms. The average molecular weight is 380 g/mol. The van der Waals surface area contributed by atoms with Gasteiger partial charge in [0.2, 0.25) is 0 Å². The Kier molecular flexibility index (Phi) is 4.56. The van der Waals surface area contributed by atoms with Gasteiger partial charge in [-0.2, -0.15) is 5.10 Å². The molecule has 0 spiro atoms. The van der Waals surface area contributed by atoms with Gasteiger partial charge >= 0.3 is 0 Å². The zero-order valence-electron chi connectivity index (χ0n) is 13.6. The maximum Gasteiger partial charge on any atom is 0.259 e. The highest BCUT2D eigenvalue weighted by molar-refractivity contribution is 7.13. The fraction of sp³-hybridized carbons (Fsp3) is 0. The van der Waals surface area contributed by atoms with Crippen molar-refractivity contribution in [1.29, 1.82) is 0 Å². The van der Waals surface area contributed by atoms with Crippen LogP contribution in [0.2, 0.25) is 5.02 Å². The molecule has 4 aromatic rings. The highest BCUT2D eigenvalue weighted by Crippen LogP contribution is 2.28. The smallest absolute Gasteiger partial charge is 0.259 e. The summed E-state index contributed by atoms with van der Waals surface area (Å²) in [6, 6.07) is 20.7. The number of nitrogens with zero attached hydrogens (tertiary/aromatic N) is 2. The predicted molar refractivity (Wildman–Crippen MR) is 106 cm³/mol. The van der Waals surface area contributed by atoms with Crippen LogP contribution in [0.3, 0.4) is 0 Å². The van der Waals surface area contributed by atoms with E-state index in [-0.39, 0.29) is 5.91 Å². The van der Waals surface area contributed by atoms with E-state index in [0.29, 0.717) is 22.0 Å². The van der Waals surface area contributed by atoms with Gasteiger partial charge < -0.3 is 5.32 Å². The first-order valence-electron chi connectivity index (χ1n) is 7.96. The minimum Gasteiger partial charge on any atom is -0.322 e. The first-order chi connectivity index (χ1) is 12.7. The fourth-order valence-electron chi connectivity index (χ4n) is 2.58. The predicted octanol–water partition coefficient (Wildman–Crippen LogP) is 5.51. The average Bonchev–Trinajstić information content (AvgIpc) is 3.34. The summed E-state index contributed by atoms with van der Waals surface area (Å²) in [6.45, 7) is 0. The van der Waals surface area contributed by atoms with Crippen molar-refractivity contribution in [2.75, 3.05) is 5.32 Å². The molecule has 0 bridgehead atoms. The van der Waals surface area contributed by atoms with Crippen LogP contribution in [0.1, 0.15) is 10.4 Å². The zero-order valence-corrected chi connectivity index (χ0v) is 15.2. The largest absolute Gasteiger partial charge is 0.322 e. The Balaban J connectivity index is 1.72. The maximum absolute atomic E-state index is 12.9. The van der Waals surface area contributed by atoms with E-state index in [1.54, 1.807) is 46.5 Å². The van der Waals surface area contributed by atoms with E-state index in [1.165, 1.54) is 0 Å². The van der Waals surface area contributed by atoms with Crippen LogP contribution in [0.25, 0.3) is 16.3 Å². The second-order valence-corrected chi connectivity index (χ2v) is 6.99. The lowest BCUT2D eigenvalue weighted by Gasteiger charge is -2.04. The fourth-order valence-corrected chi connectivity index (χ4v) is 3.43. The summed E-state index contributed by atoms with van der Waals surface area (Å²) in [4.78, 5) is 13.8. The Hall–Kier alpha value is -2.89. The van der Waals surface area contributed by atoms with E-state index in [9.17, 15) is 4.79 Å². The molecule has 4 nitrogen and oxygen atoms in total. The molecule has 2 heterocycles. The van der Waals surface area contributed by atoms with Gasteiger partial charge in [0.25, 0.3) is 5.91 Å². The third kappa shape index (κ3) is 3.40. The number of hydrogen-bond donors (Lipinski definition) is 1. The SMILES string of the molecule is O=C(Nc1ccc(Cl)cc1)c1cn(-c2ccccc2)nc1-c1cccs1. The molecular formula is C20H14ClN3OS. The Morgan fingerprint density at radius 1 is 1.00 bits per heavy atom. The van der Waals surface area contributed by atoms with E-state index >= 15 is 0 Å². The minimum atomic E-state index is -0.210. The van der Waals surface area contributed by atoms with Crippen LogP contribution in [0.15, 0.2) is 78.3 Å². The number of thiophene rings is 1. The molecule has 0 saturated heterocycles. The van der Waals surface area contributed by atoms with Gasteiger partial charge in [0.1, 0.15) is 5.69 Å². The van der Waals surface area contributed by atoms with E-state index in [2.05, 4.69) is 10.4 Å². The molecule has 1 N–H and O–H groups in total. The van der Waals surface area contributed by atoms with Crippen LogP contribution in [-0.4, -0.2) is 15.7 Å². The van der Waals surface area contributed by atoms with Crippen LogP contribution in [0.4, 0.5) is 5.69 Å². The van der Waals surface area contributed by atoms with Crippen molar-refractivity contribution in [3.8, 4) is 16.3 Å². The third-order valence-electron chi connectivity index (χ3n) is 3.84. The summed E-state index contributed by atoms with van der Waals surface area (Å²) in [5, 5.41) is 10.1. The zero-order chi connectivity index (χ0) is 17.9. The molecule has 4 rings (SSSR count). The first-order valence-corrected chi connectivity index (χ1v) is 9.22. The minimum absolute atomic E-state index is 0.210. The lowest BCUT2D eigenvalue weighted by atomic mass is 10.2. The van der Waals surface area contributed by atoms with Gasteiger partial charge in [-0.1, -0.05) is 35.9 Å². The van der Waals surface area contributed by atoms with Crippen molar-refractivity contribution in [1.82, 2.24) is 9.78 Å². The quantitative estimate of drug-likeness (QED) is 0.508. The van der Waals surface area contributed by atoms with Crippen LogP contribution in [0.5, 0.6) is 0 Å². The number of aromatic nitrogens is 2. The molecule has 0 radical (unpaired) electrons. The number of para-hydroxylation sites is 1. The molecule has 1 amide bonds. The number of rotatable bonds is 4. The van der Waals surface area contributed by atoms with E-state index < -0.39 is 0 Å². The van der Waals surface area contributed by atoms with Crippen LogP contribution in [-0.2, 0) is 0 Å². The normalized spacial score (nSPS) is 10.7. The van der Waals surface area contributed by atoms with Crippen molar-refractivity contribution >= 4 is 34.5 Å². The standard InChI is InChI=1S/C20H14ClN3OS/c21-14-8-10-15(11-9-14)22-20(25)17-13-24(16-5-2-1-3-6-16)23-19(17)18-7-4-12-26-18/h1-13H,(H,22,25). The Morgan fingerprint density at radius 2 is 1.77 bits per heavy atom. The topological polar surface area (TPSA) is 46.9 Å². The number of benzene rings is 2. The number of nitrogens with one attached hydrogen (secondary N) is 1. The Morgan fingerprint density at radius 3 is 2.46 bits per heavy atom. The van der Waals surface area contributed by atoms with E-state index in [0.717, 1.165) is 10.6 Å². The van der Waals surface area contributed by atoms with E-state index in [4.69, 9.17) is 11.6 Å². The molecule has 26 heavy (non-hydrogen) atoms. The van der Waals surface area contributed by atoms with Crippen molar-refractivity contribution in [3.63, 3.8) is 0 Å². The summed E-state index contributed by atoms with van der Waals surface area (Å²) < 4.78 is 1.73. The summed E-state index contributed by atoms with van der Waals surface area (Å²) in [5.41, 5.74) is 2.77. The van der Waals surface area contributed by atoms with Gasteiger partial charge in [0, 0.05) is 16.9 Å². The molecule has 2 aromatic heterocycles. The van der Waals surface area contributed by atoms with Crippen LogP contribution < -0.4 is 5.32 Å². The number of hydrogen-bond acceptors (Lipinski definition) is 3. The molecular weight excluding hydrogens is 366 g/mol. The summed E-state index contributed by atoms with van der Waals surface area (Å²) in [5.74, 6) is -0.210. The highest BCUT2D eigenvalue weighted by atomic mass is 35.5. The van der Waals surface area contributed by atoms with Crippen LogP contribution >= 0.6 is 22.9 Å². The first kappa shape index (κ1) is 16.6. The number of amides is 1. The Bertz CT molecular complexity index is 1020. The molecule has 0 aliphatic rings. The summed E-state index contributed by atoms with van der Waals surface area (Å²) in [7, 11) is 0. The molecule has 0 unspecified atom stereocenters. The monoisotopic (exact) mass is 379 g/mol. The molecule has 0 saturated carbocycles. The Labute approximate surface area is 159 Å². The van der Waals surface area contributed by atoms with Crippen molar-refractivity contribution < 1.29 is 4.79 Å². The van der Waals surface area contributed by atoms with Gasteiger partial charge in [0.15, 0.2) is 0 Å². The van der Waals surface area contributed by atoms with Gasteiger partial charge in [0.05, 0.1) is 16.1 Å². The van der Waals surface area contributed by atoms with Crippen molar-refractivity contribution in [3.05, 3.63) is 88.9 Å². The molecule has 0 atom stereocenters. The summed E-state index contributed by atoms with van der Waals surface area (Å²) in [6.07, 6.45) is 1.76. The van der Waals surface area contributed by atoms with E-state index in [1.807, 2.05) is 47.8 Å². The van der Waals surface area contributed by atoms with Crippen LogP contribution in [0, 0.1) is 0 Å². The molecule has 128 valence electrons. The highest BCUT2D eigenvalue weighted by Gasteiger charge is 2.19. The van der Waals surface area contributed by atoms with Gasteiger partial charge in [-0.3, -0.25) is 4.79 Å². The molecule has 0 aliphatic heterocycles. The second kappa shape index (κ2) is 7.15. The lowest BCUT2D eigenvalue weighted by molar-refractivity contribution is 0.102. The third-order valence-corrected chi connectivity index (χ3v) is 4.96. The number of halogens is 1. The molecule has 0 aliphatic carbocycles. The summed E-state index contributed by atoms with van der Waals surface area (Å²) >= 11 is 7.46.